The van der Waals surface area contributed by atoms with Crippen LogP contribution < -0.4 is 0 Å². The molecule has 0 atom stereocenters. The van der Waals surface area contributed by atoms with Gasteiger partial charge >= 0.3 is 0 Å². The van der Waals surface area contributed by atoms with E-state index in [2.05, 4.69) is 9.97 Å². The van der Waals surface area contributed by atoms with Crippen molar-refractivity contribution in [3.63, 3.8) is 0 Å². The minimum absolute atomic E-state index is 0.247. The summed E-state index contributed by atoms with van der Waals surface area (Å²) in [7, 11) is 0. The van der Waals surface area contributed by atoms with Gasteiger partial charge in [0.15, 0.2) is 5.82 Å². The number of benzene rings is 2. The van der Waals surface area contributed by atoms with Crippen molar-refractivity contribution in [2.45, 2.75) is 0 Å². The predicted octanol–water partition coefficient (Wildman–Crippen LogP) is 5.26. The fourth-order valence-corrected chi connectivity index (χ4v) is 2.40. The summed E-state index contributed by atoms with van der Waals surface area (Å²) in [4.78, 5) is 8.63. The molecule has 0 amide bonds. The minimum Gasteiger partial charge on any atom is -0.228 e. The van der Waals surface area contributed by atoms with E-state index < -0.39 is 5.82 Å². The van der Waals surface area contributed by atoms with Gasteiger partial charge in [0.1, 0.15) is 11.0 Å². The lowest BCUT2D eigenvalue weighted by Gasteiger charge is -2.07. The highest BCUT2D eigenvalue weighted by Crippen LogP contribution is 2.29. The summed E-state index contributed by atoms with van der Waals surface area (Å²) in [5, 5.41) is 0.551. The Labute approximate surface area is 131 Å². The minimum atomic E-state index is -0.408. The first-order valence-corrected chi connectivity index (χ1v) is 6.94. The lowest BCUT2D eigenvalue weighted by molar-refractivity contribution is 0.628. The van der Waals surface area contributed by atoms with Gasteiger partial charge in [-0.15, -0.1) is 0 Å². The molecule has 2 nitrogen and oxygen atoms in total. The lowest BCUT2D eigenvalue weighted by Crippen LogP contribution is -1.94. The molecule has 0 aliphatic carbocycles. The summed E-state index contributed by atoms with van der Waals surface area (Å²) < 4.78 is 13.1. The lowest BCUT2D eigenvalue weighted by atomic mass is 10.1. The van der Waals surface area contributed by atoms with Gasteiger partial charge < -0.3 is 0 Å². The standard InChI is InChI=1S/C16H9Cl2FN2/c17-13-8-11(19)6-7-12(13)16-20-14(9-15(18)21-16)10-4-2-1-3-5-10/h1-9H. The Balaban J connectivity index is 2.14. The molecule has 21 heavy (non-hydrogen) atoms. The van der Waals surface area contributed by atoms with Crippen molar-refractivity contribution in [3.05, 3.63) is 70.6 Å². The van der Waals surface area contributed by atoms with E-state index in [9.17, 15) is 4.39 Å². The molecule has 0 bridgehead atoms. The number of rotatable bonds is 2. The smallest absolute Gasteiger partial charge is 0.162 e. The maximum Gasteiger partial charge on any atom is 0.162 e. The van der Waals surface area contributed by atoms with Gasteiger partial charge in [-0.3, -0.25) is 0 Å². The van der Waals surface area contributed by atoms with Crippen LogP contribution in [-0.4, -0.2) is 9.97 Å². The molecule has 0 N–H and O–H groups in total. The van der Waals surface area contributed by atoms with Crippen LogP contribution in [0.2, 0.25) is 10.2 Å². The maximum atomic E-state index is 13.1. The highest BCUT2D eigenvalue weighted by atomic mass is 35.5. The second-order valence-electron chi connectivity index (χ2n) is 4.39. The van der Waals surface area contributed by atoms with E-state index in [0.29, 0.717) is 22.2 Å². The molecule has 3 aromatic rings. The monoisotopic (exact) mass is 318 g/mol. The van der Waals surface area contributed by atoms with Crippen LogP contribution in [-0.2, 0) is 0 Å². The molecule has 0 saturated heterocycles. The quantitative estimate of drug-likeness (QED) is 0.602. The molecule has 2 aromatic carbocycles. The van der Waals surface area contributed by atoms with E-state index in [1.807, 2.05) is 30.3 Å². The first-order chi connectivity index (χ1) is 10.1. The van der Waals surface area contributed by atoms with Crippen LogP contribution in [0, 0.1) is 5.82 Å². The molecular formula is C16H9Cl2FN2. The van der Waals surface area contributed by atoms with Crippen molar-refractivity contribution in [1.82, 2.24) is 9.97 Å². The maximum absolute atomic E-state index is 13.1. The van der Waals surface area contributed by atoms with Crippen molar-refractivity contribution < 1.29 is 4.39 Å². The first kappa shape index (κ1) is 14.0. The van der Waals surface area contributed by atoms with Gasteiger partial charge in [-0.1, -0.05) is 53.5 Å². The van der Waals surface area contributed by atoms with Gasteiger partial charge in [0.2, 0.25) is 0 Å². The fraction of sp³-hybridized carbons (Fsp3) is 0. The summed E-state index contributed by atoms with van der Waals surface area (Å²) in [5.41, 5.74) is 2.14. The molecule has 0 saturated carbocycles. The van der Waals surface area contributed by atoms with E-state index in [-0.39, 0.29) is 5.02 Å². The Morgan fingerprint density at radius 2 is 1.62 bits per heavy atom. The summed E-state index contributed by atoms with van der Waals surface area (Å²) in [6.07, 6.45) is 0. The summed E-state index contributed by atoms with van der Waals surface area (Å²) in [6.45, 7) is 0. The predicted molar refractivity (Wildman–Crippen MR) is 82.9 cm³/mol. The van der Waals surface area contributed by atoms with Gasteiger partial charge in [-0.05, 0) is 18.2 Å². The molecule has 3 rings (SSSR count). The van der Waals surface area contributed by atoms with Crippen LogP contribution in [0.3, 0.4) is 0 Å². The van der Waals surface area contributed by atoms with Gasteiger partial charge in [-0.2, -0.15) is 0 Å². The molecule has 0 unspecified atom stereocenters. The molecule has 0 aliphatic rings. The van der Waals surface area contributed by atoms with Gasteiger partial charge in [0, 0.05) is 17.2 Å². The average molecular weight is 319 g/mol. The number of hydrogen-bond donors (Lipinski definition) is 0. The Bertz CT molecular complexity index is 792. The molecule has 104 valence electrons. The largest absolute Gasteiger partial charge is 0.228 e. The normalized spacial score (nSPS) is 10.6. The van der Waals surface area contributed by atoms with E-state index in [0.717, 1.165) is 5.56 Å². The Kier molecular flexibility index (Phi) is 3.86. The molecule has 1 heterocycles. The summed E-state index contributed by atoms with van der Waals surface area (Å²) in [6, 6.07) is 15.4. The molecular weight excluding hydrogens is 310 g/mol. The van der Waals surface area contributed by atoms with Crippen LogP contribution in [0.4, 0.5) is 4.39 Å². The zero-order valence-corrected chi connectivity index (χ0v) is 12.2. The van der Waals surface area contributed by atoms with E-state index >= 15 is 0 Å². The van der Waals surface area contributed by atoms with Crippen LogP contribution in [0.25, 0.3) is 22.6 Å². The van der Waals surface area contributed by atoms with Crippen LogP contribution in [0.1, 0.15) is 0 Å². The van der Waals surface area contributed by atoms with Crippen molar-refractivity contribution in [1.29, 1.82) is 0 Å². The highest BCUT2D eigenvalue weighted by molar-refractivity contribution is 6.33. The topological polar surface area (TPSA) is 25.8 Å². The first-order valence-electron chi connectivity index (χ1n) is 6.19. The van der Waals surface area contributed by atoms with Crippen molar-refractivity contribution in [2.24, 2.45) is 0 Å². The van der Waals surface area contributed by atoms with Crippen molar-refractivity contribution in [3.8, 4) is 22.6 Å². The second kappa shape index (κ2) is 5.80. The van der Waals surface area contributed by atoms with Crippen LogP contribution >= 0.6 is 23.2 Å². The van der Waals surface area contributed by atoms with Gasteiger partial charge in [-0.25, -0.2) is 14.4 Å². The third kappa shape index (κ3) is 3.04. The number of hydrogen-bond acceptors (Lipinski definition) is 2. The van der Waals surface area contributed by atoms with E-state index in [1.165, 1.54) is 18.2 Å². The highest BCUT2D eigenvalue weighted by Gasteiger charge is 2.11. The molecule has 0 radical (unpaired) electrons. The Hall–Kier alpha value is -1.97. The zero-order valence-electron chi connectivity index (χ0n) is 10.7. The van der Waals surface area contributed by atoms with Crippen LogP contribution in [0.15, 0.2) is 54.6 Å². The van der Waals surface area contributed by atoms with E-state index in [1.54, 1.807) is 6.07 Å². The fourth-order valence-electron chi connectivity index (χ4n) is 1.97. The van der Waals surface area contributed by atoms with Crippen LogP contribution in [0.5, 0.6) is 0 Å². The molecule has 5 heteroatoms. The Morgan fingerprint density at radius 3 is 2.33 bits per heavy atom. The van der Waals surface area contributed by atoms with Gasteiger partial charge in [0.25, 0.3) is 0 Å². The van der Waals surface area contributed by atoms with Gasteiger partial charge in [0.05, 0.1) is 10.7 Å². The summed E-state index contributed by atoms with van der Waals surface area (Å²) >= 11 is 12.1. The molecule has 0 fully saturated rings. The number of nitrogens with zero attached hydrogens (tertiary/aromatic N) is 2. The molecule has 1 aromatic heterocycles. The number of halogens is 3. The van der Waals surface area contributed by atoms with Crippen molar-refractivity contribution in [2.75, 3.05) is 0 Å². The average Bonchev–Trinajstić information content (AvgIpc) is 2.47. The molecule has 0 aliphatic heterocycles. The zero-order chi connectivity index (χ0) is 14.8. The van der Waals surface area contributed by atoms with E-state index in [4.69, 9.17) is 23.2 Å². The second-order valence-corrected chi connectivity index (χ2v) is 5.18. The molecule has 0 spiro atoms. The number of aromatic nitrogens is 2. The summed E-state index contributed by atoms with van der Waals surface area (Å²) in [5.74, 6) is -0.0413. The Morgan fingerprint density at radius 1 is 0.857 bits per heavy atom. The van der Waals surface area contributed by atoms with Crippen molar-refractivity contribution >= 4 is 23.2 Å². The third-order valence-electron chi connectivity index (χ3n) is 2.94. The SMILES string of the molecule is Fc1ccc(-c2nc(Cl)cc(-c3ccccc3)n2)c(Cl)c1. The third-order valence-corrected chi connectivity index (χ3v) is 3.44.